The fourth-order valence-electron chi connectivity index (χ4n) is 7.69. The summed E-state index contributed by atoms with van der Waals surface area (Å²) in [6, 6.07) is 27.4. The van der Waals surface area contributed by atoms with Gasteiger partial charge in [-0.2, -0.15) is 0 Å². The van der Waals surface area contributed by atoms with E-state index in [0.717, 1.165) is 12.8 Å². The standard InChI is InChI=1S/C26H22O/c27-15-13-22-16-7-1-3-9-18(16)24-20-11-5-6-12-21(20)25-19-10-4-2-8-17(19)23(14-15)26(22,24)25/h1-12,15,22-25,27H,13-14H2/t15?,22-,23+,24-,25-,26?/m1/s1. The fourth-order valence-corrected chi connectivity index (χ4v) is 7.69. The molecule has 6 atom stereocenters. The topological polar surface area (TPSA) is 20.2 Å². The van der Waals surface area contributed by atoms with Gasteiger partial charge in [0, 0.05) is 17.3 Å². The SMILES string of the molecule is OC1C[C@@H]2c3ccccc3[C@@H]3c4ccccc4[C@H]4c5ccccc5[C@H](C1)C342. The van der Waals surface area contributed by atoms with Gasteiger partial charge in [0.15, 0.2) is 0 Å². The minimum atomic E-state index is -0.201. The summed E-state index contributed by atoms with van der Waals surface area (Å²) >= 11 is 0. The van der Waals surface area contributed by atoms with E-state index in [1.165, 1.54) is 33.4 Å². The first-order chi connectivity index (χ1) is 13.3. The largest absolute Gasteiger partial charge is 0.393 e. The molecule has 1 saturated carbocycles. The van der Waals surface area contributed by atoms with Gasteiger partial charge in [-0.05, 0) is 58.1 Å². The van der Waals surface area contributed by atoms with E-state index in [-0.39, 0.29) is 11.5 Å². The van der Waals surface area contributed by atoms with Crippen molar-refractivity contribution in [1.29, 1.82) is 0 Å². The highest BCUT2D eigenvalue weighted by atomic mass is 16.3. The quantitative estimate of drug-likeness (QED) is 0.583. The van der Waals surface area contributed by atoms with Crippen LogP contribution in [0.3, 0.4) is 0 Å². The van der Waals surface area contributed by atoms with E-state index >= 15 is 0 Å². The van der Waals surface area contributed by atoms with E-state index in [0.29, 0.717) is 23.7 Å². The Morgan fingerprint density at radius 2 is 0.889 bits per heavy atom. The molecule has 0 radical (unpaired) electrons. The molecule has 3 aromatic carbocycles. The molecule has 0 amide bonds. The predicted octanol–water partition coefficient (Wildman–Crippen LogP) is 5.30. The van der Waals surface area contributed by atoms with Crippen LogP contribution in [0.1, 0.15) is 69.9 Å². The molecule has 132 valence electrons. The first kappa shape index (κ1) is 14.6. The molecule has 0 aliphatic heterocycles. The number of aliphatic hydroxyl groups is 1. The molecule has 27 heavy (non-hydrogen) atoms. The lowest BCUT2D eigenvalue weighted by molar-refractivity contribution is 0.0278. The second-order valence-corrected chi connectivity index (χ2v) is 8.98. The highest BCUT2D eigenvalue weighted by molar-refractivity contribution is 5.66. The molecule has 2 unspecified atom stereocenters. The number of fused-ring (bicyclic) bond motifs is 9. The Balaban J connectivity index is 1.63. The summed E-state index contributed by atoms with van der Waals surface area (Å²) in [5.41, 5.74) is 9.28. The smallest absolute Gasteiger partial charge is 0.0552 e. The summed E-state index contributed by atoms with van der Waals surface area (Å²) < 4.78 is 0. The first-order valence-electron chi connectivity index (χ1n) is 10.3. The van der Waals surface area contributed by atoms with E-state index in [4.69, 9.17) is 0 Å². The van der Waals surface area contributed by atoms with Crippen LogP contribution in [0.25, 0.3) is 0 Å². The van der Waals surface area contributed by atoms with Crippen molar-refractivity contribution in [2.75, 3.05) is 0 Å². The lowest BCUT2D eigenvalue weighted by atomic mass is 9.55. The normalized spacial score (nSPS) is 36.6. The Hall–Kier alpha value is -2.38. The van der Waals surface area contributed by atoms with Gasteiger partial charge in [0.05, 0.1) is 6.10 Å². The van der Waals surface area contributed by atoms with Crippen molar-refractivity contribution in [1.82, 2.24) is 0 Å². The third-order valence-electron chi connectivity index (χ3n) is 8.21. The number of hydrogen-bond acceptors (Lipinski definition) is 1. The van der Waals surface area contributed by atoms with Crippen LogP contribution in [-0.2, 0) is 0 Å². The van der Waals surface area contributed by atoms with Gasteiger partial charge in [-0.15, -0.1) is 0 Å². The van der Waals surface area contributed by atoms with Gasteiger partial charge in [0.2, 0.25) is 0 Å². The zero-order chi connectivity index (χ0) is 17.8. The average Bonchev–Trinajstić information content (AvgIpc) is 3.26. The summed E-state index contributed by atoms with van der Waals surface area (Å²) in [6.07, 6.45) is 1.61. The van der Waals surface area contributed by atoms with Gasteiger partial charge in [-0.3, -0.25) is 0 Å². The summed E-state index contributed by atoms with van der Waals surface area (Å²) in [7, 11) is 0. The van der Waals surface area contributed by atoms with Crippen molar-refractivity contribution in [3.05, 3.63) is 106 Å². The van der Waals surface area contributed by atoms with Crippen LogP contribution in [0.5, 0.6) is 0 Å². The van der Waals surface area contributed by atoms with Crippen molar-refractivity contribution in [2.45, 2.75) is 42.6 Å². The van der Waals surface area contributed by atoms with Gasteiger partial charge >= 0.3 is 0 Å². The van der Waals surface area contributed by atoms with Crippen LogP contribution in [0.4, 0.5) is 0 Å². The maximum Gasteiger partial charge on any atom is 0.0552 e. The van der Waals surface area contributed by atoms with Gasteiger partial charge in [-0.25, -0.2) is 0 Å². The molecule has 3 aromatic rings. The summed E-state index contributed by atoms with van der Waals surface area (Å²) in [4.78, 5) is 0. The maximum atomic E-state index is 10.9. The molecule has 0 heterocycles. The van der Waals surface area contributed by atoms with Crippen LogP contribution >= 0.6 is 0 Å². The Morgan fingerprint density at radius 3 is 1.30 bits per heavy atom. The molecule has 4 aliphatic rings. The van der Waals surface area contributed by atoms with Crippen LogP contribution in [0.15, 0.2) is 72.8 Å². The Labute approximate surface area is 159 Å². The van der Waals surface area contributed by atoms with Gasteiger partial charge < -0.3 is 5.11 Å². The molecular formula is C26H22O. The second-order valence-electron chi connectivity index (χ2n) is 8.98. The summed E-state index contributed by atoms with van der Waals surface area (Å²) in [5.74, 6) is 1.81. The number of rotatable bonds is 0. The highest BCUT2D eigenvalue weighted by Crippen LogP contribution is 2.80. The maximum absolute atomic E-state index is 10.9. The zero-order valence-corrected chi connectivity index (χ0v) is 15.2. The van der Waals surface area contributed by atoms with E-state index < -0.39 is 0 Å². The van der Waals surface area contributed by atoms with Crippen LogP contribution in [-0.4, -0.2) is 11.2 Å². The van der Waals surface area contributed by atoms with Crippen LogP contribution in [0.2, 0.25) is 0 Å². The molecule has 1 spiro atoms. The van der Waals surface area contributed by atoms with Gasteiger partial charge in [-0.1, -0.05) is 72.8 Å². The molecule has 1 fully saturated rings. The lowest BCUT2D eigenvalue weighted by Crippen LogP contribution is -2.41. The van der Waals surface area contributed by atoms with E-state index in [9.17, 15) is 5.11 Å². The predicted molar refractivity (Wildman–Crippen MR) is 106 cm³/mol. The number of benzene rings is 3. The van der Waals surface area contributed by atoms with Crippen molar-refractivity contribution in [2.24, 2.45) is 5.41 Å². The zero-order valence-electron chi connectivity index (χ0n) is 15.2. The Morgan fingerprint density at radius 1 is 0.556 bits per heavy atom. The highest BCUT2D eigenvalue weighted by Gasteiger charge is 2.70. The van der Waals surface area contributed by atoms with Crippen molar-refractivity contribution < 1.29 is 5.11 Å². The molecule has 7 rings (SSSR count). The molecule has 0 aromatic heterocycles. The first-order valence-corrected chi connectivity index (χ1v) is 10.3. The van der Waals surface area contributed by atoms with Crippen LogP contribution < -0.4 is 0 Å². The molecule has 1 N–H and O–H groups in total. The lowest BCUT2D eigenvalue weighted by Gasteiger charge is -2.48. The van der Waals surface area contributed by atoms with Gasteiger partial charge in [0.1, 0.15) is 0 Å². The molecule has 1 nitrogen and oxygen atoms in total. The third kappa shape index (κ3) is 1.47. The number of hydrogen-bond donors (Lipinski definition) is 1. The average molecular weight is 350 g/mol. The minimum absolute atomic E-state index is 0.177. The van der Waals surface area contributed by atoms with Crippen molar-refractivity contribution in [3.8, 4) is 0 Å². The van der Waals surface area contributed by atoms with Crippen LogP contribution in [0, 0.1) is 5.41 Å². The molecule has 1 heteroatoms. The second kappa shape index (κ2) is 4.72. The van der Waals surface area contributed by atoms with Crippen molar-refractivity contribution in [3.63, 3.8) is 0 Å². The molecule has 0 saturated heterocycles. The molecule has 4 aliphatic carbocycles. The monoisotopic (exact) mass is 350 g/mol. The third-order valence-corrected chi connectivity index (χ3v) is 8.21. The Bertz CT molecular complexity index is 1010. The molecule has 0 bridgehead atoms. The van der Waals surface area contributed by atoms with Gasteiger partial charge in [0.25, 0.3) is 0 Å². The fraction of sp³-hybridized carbons (Fsp3) is 0.308. The molecular weight excluding hydrogens is 328 g/mol. The number of aliphatic hydroxyl groups excluding tert-OH is 1. The van der Waals surface area contributed by atoms with E-state index in [1.54, 1.807) is 0 Å². The Kier molecular flexibility index (Phi) is 2.56. The minimum Gasteiger partial charge on any atom is -0.393 e. The summed E-state index contributed by atoms with van der Waals surface area (Å²) in [6.45, 7) is 0. The van der Waals surface area contributed by atoms with E-state index in [1.807, 2.05) is 0 Å². The van der Waals surface area contributed by atoms with E-state index in [2.05, 4.69) is 72.8 Å². The summed E-state index contributed by atoms with van der Waals surface area (Å²) in [5, 5.41) is 10.9. The van der Waals surface area contributed by atoms with Crippen molar-refractivity contribution >= 4 is 0 Å².